The Kier molecular flexibility index (Phi) is 6.82. The zero-order valence-electron chi connectivity index (χ0n) is 12.5. The molecule has 0 fully saturated rings. The van der Waals surface area contributed by atoms with Crippen molar-refractivity contribution in [3.8, 4) is 5.75 Å². The molecule has 0 spiro atoms. The van der Waals surface area contributed by atoms with Crippen LogP contribution in [0.15, 0.2) is 18.2 Å². The molecule has 1 unspecified atom stereocenters. The van der Waals surface area contributed by atoms with Gasteiger partial charge >= 0.3 is 0 Å². The third-order valence-electron chi connectivity index (χ3n) is 2.91. The van der Waals surface area contributed by atoms with Gasteiger partial charge in [0, 0.05) is 22.7 Å². The molecule has 0 aliphatic carbocycles. The maximum Gasteiger partial charge on any atom is 0.223 e. The smallest absolute Gasteiger partial charge is 0.223 e. The minimum absolute atomic E-state index is 0.00261. The molecule has 20 heavy (non-hydrogen) atoms. The lowest BCUT2D eigenvalue weighted by Crippen LogP contribution is -2.31. The van der Waals surface area contributed by atoms with Gasteiger partial charge in [0.2, 0.25) is 5.91 Å². The van der Waals surface area contributed by atoms with Crippen LogP contribution in [0.25, 0.3) is 0 Å². The molecule has 1 rings (SSSR count). The lowest BCUT2D eigenvalue weighted by molar-refractivity contribution is -0.122. The number of carbonyl (C=O) groups excluding carboxylic acids is 1. The highest BCUT2D eigenvalue weighted by Gasteiger charge is 2.11. The molecule has 0 saturated heterocycles. The summed E-state index contributed by atoms with van der Waals surface area (Å²) in [6, 6.07) is 5.79. The Labute approximate surface area is 125 Å². The minimum atomic E-state index is -0.00261. The molecule has 0 aromatic heterocycles. The molecule has 0 saturated carbocycles. The number of carbonyl (C=O) groups is 1. The van der Waals surface area contributed by atoms with E-state index < -0.39 is 0 Å². The van der Waals surface area contributed by atoms with E-state index in [1.807, 2.05) is 40.0 Å². The van der Waals surface area contributed by atoms with Crippen molar-refractivity contribution in [2.45, 2.75) is 39.3 Å². The van der Waals surface area contributed by atoms with Crippen molar-refractivity contribution in [2.24, 2.45) is 0 Å². The van der Waals surface area contributed by atoms with Gasteiger partial charge in [-0.2, -0.15) is 0 Å². The van der Waals surface area contributed by atoms with E-state index in [0.29, 0.717) is 18.1 Å². The van der Waals surface area contributed by atoms with Gasteiger partial charge in [-0.05, 0) is 46.0 Å². The summed E-state index contributed by atoms with van der Waals surface area (Å²) in [5, 5.41) is 6.66. The molecule has 1 aromatic rings. The van der Waals surface area contributed by atoms with E-state index in [1.54, 1.807) is 6.07 Å². The van der Waals surface area contributed by atoms with Crippen molar-refractivity contribution < 1.29 is 9.53 Å². The molecule has 1 atom stereocenters. The van der Waals surface area contributed by atoms with Crippen LogP contribution < -0.4 is 15.4 Å². The number of amides is 1. The SMILES string of the molecule is CNC(C)c1cc(Cl)ccc1OCCC(=O)NC(C)C. The first-order valence-corrected chi connectivity index (χ1v) is 7.20. The van der Waals surface area contributed by atoms with E-state index in [-0.39, 0.29) is 18.0 Å². The Balaban J connectivity index is 2.61. The van der Waals surface area contributed by atoms with E-state index in [2.05, 4.69) is 10.6 Å². The predicted octanol–water partition coefficient (Wildman–Crippen LogP) is 2.91. The van der Waals surface area contributed by atoms with Crippen LogP contribution in [-0.4, -0.2) is 25.6 Å². The summed E-state index contributed by atoms with van der Waals surface area (Å²) in [7, 11) is 1.88. The molecule has 0 aliphatic heterocycles. The number of ether oxygens (including phenoxy) is 1. The first-order chi connectivity index (χ1) is 9.43. The second-order valence-corrected chi connectivity index (χ2v) is 5.45. The molecule has 0 heterocycles. The fraction of sp³-hybridized carbons (Fsp3) is 0.533. The number of hydrogen-bond acceptors (Lipinski definition) is 3. The largest absolute Gasteiger partial charge is 0.493 e. The highest BCUT2D eigenvalue weighted by molar-refractivity contribution is 6.30. The summed E-state index contributed by atoms with van der Waals surface area (Å²) in [6.07, 6.45) is 0.341. The molecular weight excluding hydrogens is 276 g/mol. The van der Waals surface area contributed by atoms with E-state index >= 15 is 0 Å². The van der Waals surface area contributed by atoms with Crippen LogP contribution in [-0.2, 0) is 4.79 Å². The zero-order valence-corrected chi connectivity index (χ0v) is 13.3. The average Bonchev–Trinajstić information content (AvgIpc) is 2.38. The third-order valence-corrected chi connectivity index (χ3v) is 3.14. The highest BCUT2D eigenvalue weighted by Crippen LogP contribution is 2.28. The molecule has 0 radical (unpaired) electrons. The van der Waals surface area contributed by atoms with Gasteiger partial charge in [-0.3, -0.25) is 4.79 Å². The first kappa shape index (κ1) is 16.8. The summed E-state index contributed by atoms with van der Waals surface area (Å²) < 4.78 is 5.71. The van der Waals surface area contributed by atoms with Gasteiger partial charge in [0.25, 0.3) is 0 Å². The quantitative estimate of drug-likeness (QED) is 0.814. The Morgan fingerprint density at radius 2 is 2.05 bits per heavy atom. The Bertz CT molecular complexity index is 449. The van der Waals surface area contributed by atoms with E-state index in [4.69, 9.17) is 16.3 Å². The fourth-order valence-electron chi connectivity index (χ4n) is 1.79. The predicted molar refractivity (Wildman–Crippen MR) is 82.3 cm³/mol. The van der Waals surface area contributed by atoms with Crippen LogP contribution in [0, 0.1) is 0 Å². The molecule has 112 valence electrons. The van der Waals surface area contributed by atoms with Gasteiger partial charge in [-0.25, -0.2) is 0 Å². The van der Waals surface area contributed by atoms with Crippen LogP contribution in [0.1, 0.15) is 38.8 Å². The van der Waals surface area contributed by atoms with Gasteiger partial charge in [0.1, 0.15) is 5.75 Å². The van der Waals surface area contributed by atoms with E-state index in [0.717, 1.165) is 11.3 Å². The third kappa shape index (κ3) is 5.39. The number of benzene rings is 1. The molecule has 1 aromatic carbocycles. The average molecular weight is 299 g/mol. The summed E-state index contributed by atoms with van der Waals surface area (Å²) in [6.45, 7) is 6.25. The van der Waals surface area contributed by atoms with Crippen LogP contribution in [0.5, 0.6) is 5.75 Å². The van der Waals surface area contributed by atoms with Gasteiger partial charge in [0.15, 0.2) is 0 Å². The van der Waals surface area contributed by atoms with Crippen LogP contribution >= 0.6 is 11.6 Å². The Morgan fingerprint density at radius 3 is 2.65 bits per heavy atom. The Hall–Kier alpha value is -1.26. The highest BCUT2D eigenvalue weighted by atomic mass is 35.5. The molecule has 5 heteroatoms. The fourth-order valence-corrected chi connectivity index (χ4v) is 1.97. The van der Waals surface area contributed by atoms with Crippen molar-refractivity contribution in [3.63, 3.8) is 0 Å². The summed E-state index contributed by atoms with van der Waals surface area (Å²) in [5.41, 5.74) is 0.990. The molecular formula is C15H23ClN2O2. The lowest BCUT2D eigenvalue weighted by atomic mass is 10.1. The van der Waals surface area contributed by atoms with E-state index in [1.165, 1.54) is 0 Å². The molecule has 4 nitrogen and oxygen atoms in total. The number of halogens is 1. The standard InChI is InChI=1S/C15H23ClN2O2/c1-10(2)18-15(19)7-8-20-14-6-5-12(16)9-13(14)11(3)17-4/h5-6,9-11,17H,7-8H2,1-4H3,(H,18,19). The minimum Gasteiger partial charge on any atom is -0.493 e. The van der Waals surface area contributed by atoms with Gasteiger partial charge < -0.3 is 15.4 Å². The molecule has 0 bridgehead atoms. The molecule has 1 amide bonds. The number of hydrogen-bond donors (Lipinski definition) is 2. The van der Waals surface area contributed by atoms with Crippen molar-refractivity contribution in [3.05, 3.63) is 28.8 Å². The molecule has 0 aliphatic rings. The van der Waals surface area contributed by atoms with Crippen molar-refractivity contribution in [1.29, 1.82) is 0 Å². The van der Waals surface area contributed by atoms with Crippen LogP contribution in [0.2, 0.25) is 5.02 Å². The van der Waals surface area contributed by atoms with Crippen molar-refractivity contribution >= 4 is 17.5 Å². The van der Waals surface area contributed by atoms with E-state index in [9.17, 15) is 4.79 Å². The van der Waals surface area contributed by atoms with Crippen molar-refractivity contribution in [1.82, 2.24) is 10.6 Å². The Morgan fingerprint density at radius 1 is 1.35 bits per heavy atom. The summed E-state index contributed by atoms with van der Waals surface area (Å²) >= 11 is 6.01. The summed E-state index contributed by atoms with van der Waals surface area (Å²) in [5.74, 6) is 0.755. The maximum atomic E-state index is 11.5. The van der Waals surface area contributed by atoms with Crippen molar-refractivity contribution in [2.75, 3.05) is 13.7 Å². The normalized spacial score (nSPS) is 12.3. The number of rotatable bonds is 7. The van der Waals surface area contributed by atoms with Crippen LogP contribution in [0.3, 0.4) is 0 Å². The topological polar surface area (TPSA) is 50.4 Å². The van der Waals surface area contributed by atoms with Gasteiger partial charge in [0.05, 0.1) is 13.0 Å². The zero-order chi connectivity index (χ0) is 15.1. The molecule has 2 N–H and O–H groups in total. The second kappa shape index (κ2) is 8.12. The summed E-state index contributed by atoms with van der Waals surface area (Å²) in [4.78, 5) is 11.5. The maximum absolute atomic E-state index is 11.5. The monoisotopic (exact) mass is 298 g/mol. The number of nitrogens with one attached hydrogen (secondary N) is 2. The lowest BCUT2D eigenvalue weighted by Gasteiger charge is -2.17. The van der Waals surface area contributed by atoms with Gasteiger partial charge in [-0.15, -0.1) is 0 Å². The second-order valence-electron chi connectivity index (χ2n) is 5.01. The van der Waals surface area contributed by atoms with Gasteiger partial charge in [-0.1, -0.05) is 11.6 Å². The van der Waals surface area contributed by atoms with Crippen LogP contribution in [0.4, 0.5) is 0 Å². The first-order valence-electron chi connectivity index (χ1n) is 6.83.